The molecule has 134 valence electrons. The van der Waals surface area contributed by atoms with E-state index >= 15 is 0 Å². The maximum absolute atomic E-state index is 4.54. The smallest absolute Gasteiger partial charge is 0.138 e. The van der Waals surface area contributed by atoms with Crippen molar-refractivity contribution in [2.45, 2.75) is 45.1 Å². The molecule has 0 N–H and O–H groups in total. The van der Waals surface area contributed by atoms with Gasteiger partial charge >= 0.3 is 0 Å². The fourth-order valence-electron chi connectivity index (χ4n) is 4.12. The molecule has 2 heterocycles. The highest BCUT2D eigenvalue weighted by molar-refractivity contribution is 5.42. The van der Waals surface area contributed by atoms with Gasteiger partial charge in [-0.3, -0.25) is 4.90 Å². The molecule has 0 bridgehead atoms. The number of hydrogen-bond donors (Lipinski definition) is 0. The molecule has 1 aromatic carbocycles. The van der Waals surface area contributed by atoms with Crippen LogP contribution in [0.1, 0.15) is 36.7 Å². The number of piperazine rings is 1. The van der Waals surface area contributed by atoms with Gasteiger partial charge in [0.15, 0.2) is 0 Å². The third kappa shape index (κ3) is 3.62. The van der Waals surface area contributed by atoms with Crippen LogP contribution < -0.4 is 0 Å². The molecular formula is C20H29N5. The fraction of sp³-hybridized carbons (Fsp3) is 0.600. The average molecular weight is 339 g/mol. The standard InChI is InChI=1S/C20H29N5/c1-16(24-12-10-23(2)11-13-24)6-9-20-21-15-22-25(20)19-8-7-17-4-3-5-18(17)14-19/h7-8,14-16H,3-6,9-13H2,1-2H3/t16-/m0/s1. The first-order valence-electron chi connectivity index (χ1n) is 9.64. The third-order valence-electron chi connectivity index (χ3n) is 5.89. The second-order valence-electron chi connectivity index (χ2n) is 7.62. The van der Waals surface area contributed by atoms with E-state index in [0.29, 0.717) is 6.04 Å². The lowest BCUT2D eigenvalue weighted by molar-refractivity contribution is 0.114. The van der Waals surface area contributed by atoms with Crippen molar-refractivity contribution in [2.24, 2.45) is 0 Å². The Balaban J connectivity index is 1.42. The highest BCUT2D eigenvalue weighted by atomic mass is 15.3. The topological polar surface area (TPSA) is 37.2 Å². The number of rotatable bonds is 5. The maximum Gasteiger partial charge on any atom is 0.138 e. The molecule has 4 rings (SSSR count). The highest BCUT2D eigenvalue weighted by Crippen LogP contribution is 2.24. The van der Waals surface area contributed by atoms with Crippen LogP contribution >= 0.6 is 0 Å². The van der Waals surface area contributed by atoms with E-state index in [1.54, 1.807) is 6.33 Å². The third-order valence-corrected chi connectivity index (χ3v) is 5.89. The van der Waals surface area contributed by atoms with E-state index in [9.17, 15) is 0 Å². The molecule has 1 saturated heterocycles. The number of likely N-dealkylation sites (N-methyl/N-ethyl adjacent to an activating group) is 1. The van der Waals surface area contributed by atoms with E-state index in [1.165, 1.54) is 62.3 Å². The van der Waals surface area contributed by atoms with Crippen molar-refractivity contribution in [3.8, 4) is 5.69 Å². The van der Waals surface area contributed by atoms with Crippen LogP contribution in [0, 0.1) is 0 Å². The summed E-state index contributed by atoms with van der Waals surface area (Å²) in [6, 6.07) is 7.38. The van der Waals surface area contributed by atoms with Gasteiger partial charge in [0.1, 0.15) is 12.2 Å². The molecule has 0 spiro atoms. The Morgan fingerprint density at radius 3 is 2.72 bits per heavy atom. The predicted molar refractivity (Wildman–Crippen MR) is 100 cm³/mol. The molecule has 1 aliphatic carbocycles. The van der Waals surface area contributed by atoms with Crippen molar-refractivity contribution in [3.63, 3.8) is 0 Å². The van der Waals surface area contributed by atoms with Crippen molar-refractivity contribution >= 4 is 0 Å². The monoisotopic (exact) mass is 339 g/mol. The molecule has 0 unspecified atom stereocenters. The second kappa shape index (κ2) is 7.26. The maximum atomic E-state index is 4.54. The zero-order valence-electron chi connectivity index (χ0n) is 15.5. The highest BCUT2D eigenvalue weighted by Gasteiger charge is 2.20. The quantitative estimate of drug-likeness (QED) is 0.838. The van der Waals surface area contributed by atoms with Crippen molar-refractivity contribution < 1.29 is 0 Å². The van der Waals surface area contributed by atoms with Crippen molar-refractivity contribution in [2.75, 3.05) is 33.2 Å². The summed E-state index contributed by atoms with van der Waals surface area (Å²) in [6.07, 6.45) is 7.52. The Morgan fingerprint density at radius 1 is 1.08 bits per heavy atom. The number of fused-ring (bicyclic) bond motifs is 1. The zero-order valence-corrected chi connectivity index (χ0v) is 15.5. The lowest BCUT2D eigenvalue weighted by Crippen LogP contribution is -2.48. The average Bonchev–Trinajstić information content (AvgIpc) is 3.28. The first-order valence-corrected chi connectivity index (χ1v) is 9.64. The van der Waals surface area contributed by atoms with Gasteiger partial charge in [0.05, 0.1) is 5.69 Å². The minimum Gasteiger partial charge on any atom is -0.304 e. The normalized spacial score (nSPS) is 19.9. The number of aromatic nitrogens is 3. The van der Waals surface area contributed by atoms with Crippen molar-refractivity contribution in [1.82, 2.24) is 24.6 Å². The molecule has 2 aliphatic rings. The Kier molecular flexibility index (Phi) is 4.86. The minimum atomic E-state index is 0.596. The van der Waals surface area contributed by atoms with Crippen molar-refractivity contribution in [3.05, 3.63) is 41.5 Å². The molecule has 0 saturated carbocycles. The van der Waals surface area contributed by atoms with Crippen LogP contribution in [0.15, 0.2) is 24.5 Å². The van der Waals surface area contributed by atoms with Crippen LogP contribution in [0.2, 0.25) is 0 Å². The molecular weight excluding hydrogens is 310 g/mol. The van der Waals surface area contributed by atoms with Gasteiger partial charge in [-0.25, -0.2) is 9.67 Å². The SMILES string of the molecule is C[C@@H](CCc1ncnn1-c1ccc2c(c1)CCC2)N1CCN(C)CC1. The minimum absolute atomic E-state index is 0.596. The molecule has 0 radical (unpaired) electrons. The van der Waals surface area contributed by atoms with Gasteiger partial charge in [0.2, 0.25) is 0 Å². The Hall–Kier alpha value is -1.72. The van der Waals surface area contributed by atoms with E-state index in [4.69, 9.17) is 0 Å². The summed E-state index contributed by atoms with van der Waals surface area (Å²) in [4.78, 5) is 9.56. The van der Waals surface area contributed by atoms with Gasteiger partial charge in [0, 0.05) is 38.6 Å². The predicted octanol–water partition coefficient (Wildman–Crippen LogP) is 2.32. The van der Waals surface area contributed by atoms with Crippen LogP contribution in [0.4, 0.5) is 0 Å². The van der Waals surface area contributed by atoms with Crippen LogP contribution in [-0.2, 0) is 19.3 Å². The summed E-state index contributed by atoms with van der Waals surface area (Å²) in [6.45, 7) is 7.05. The molecule has 0 amide bonds. The fourth-order valence-corrected chi connectivity index (χ4v) is 4.12. The molecule has 2 aromatic rings. The van der Waals surface area contributed by atoms with Crippen molar-refractivity contribution in [1.29, 1.82) is 0 Å². The molecule has 5 nitrogen and oxygen atoms in total. The van der Waals surface area contributed by atoms with Gasteiger partial charge in [-0.1, -0.05) is 6.07 Å². The largest absolute Gasteiger partial charge is 0.304 e. The Labute approximate surface area is 150 Å². The van der Waals surface area contributed by atoms with Gasteiger partial charge in [-0.15, -0.1) is 0 Å². The van der Waals surface area contributed by atoms with Crippen LogP contribution in [-0.4, -0.2) is 63.8 Å². The lowest BCUT2D eigenvalue weighted by atomic mass is 10.1. The van der Waals surface area contributed by atoms with E-state index < -0.39 is 0 Å². The lowest BCUT2D eigenvalue weighted by Gasteiger charge is -2.36. The van der Waals surface area contributed by atoms with E-state index in [0.717, 1.165) is 18.7 Å². The number of hydrogen-bond acceptors (Lipinski definition) is 4. The molecule has 25 heavy (non-hydrogen) atoms. The van der Waals surface area contributed by atoms with Crippen LogP contribution in [0.5, 0.6) is 0 Å². The summed E-state index contributed by atoms with van der Waals surface area (Å²) >= 11 is 0. The summed E-state index contributed by atoms with van der Waals surface area (Å²) in [5, 5.41) is 4.50. The Bertz CT molecular complexity index is 715. The van der Waals surface area contributed by atoms with Crippen LogP contribution in [0.25, 0.3) is 5.69 Å². The number of nitrogens with zero attached hydrogens (tertiary/aromatic N) is 5. The zero-order chi connectivity index (χ0) is 17.2. The van der Waals surface area contributed by atoms with Gasteiger partial charge in [0.25, 0.3) is 0 Å². The summed E-state index contributed by atoms with van der Waals surface area (Å²) in [5.41, 5.74) is 4.17. The van der Waals surface area contributed by atoms with E-state index in [1.807, 2.05) is 4.68 Å². The van der Waals surface area contributed by atoms with E-state index in [-0.39, 0.29) is 0 Å². The molecule has 1 atom stereocenters. The number of benzene rings is 1. The Morgan fingerprint density at radius 2 is 1.88 bits per heavy atom. The first kappa shape index (κ1) is 16.7. The molecule has 1 fully saturated rings. The van der Waals surface area contributed by atoms with Crippen LogP contribution in [0.3, 0.4) is 0 Å². The summed E-state index contributed by atoms with van der Waals surface area (Å²) in [7, 11) is 2.21. The molecule has 5 heteroatoms. The number of aryl methyl sites for hydroxylation is 3. The second-order valence-corrected chi connectivity index (χ2v) is 7.62. The first-order chi connectivity index (χ1) is 12.2. The summed E-state index contributed by atoms with van der Waals surface area (Å²) < 4.78 is 2.04. The molecule has 1 aromatic heterocycles. The van der Waals surface area contributed by atoms with Gasteiger partial charge in [-0.2, -0.15) is 5.10 Å². The van der Waals surface area contributed by atoms with E-state index in [2.05, 4.69) is 52.1 Å². The van der Waals surface area contributed by atoms with Gasteiger partial charge in [-0.05, 0) is 62.9 Å². The molecule has 1 aliphatic heterocycles. The summed E-state index contributed by atoms with van der Waals surface area (Å²) in [5.74, 6) is 1.08. The van der Waals surface area contributed by atoms with Gasteiger partial charge < -0.3 is 4.90 Å².